The van der Waals surface area contributed by atoms with Gasteiger partial charge in [0.15, 0.2) is 11.5 Å². The van der Waals surface area contributed by atoms with Gasteiger partial charge in [-0.1, -0.05) is 15.9 Å². The van der Waals surface area contributed by atoms with Crippen LogP contribution in [0.3, 0.4) is 0 Å². The van der Waals surface area contributed by atoms with E-state index in [1.54, 1.807) is 53.5 Å². The summed E-state index contributed by atoms with van der Waals surface area (Å²) in [6.07, 6.45) is 7.10. The Morgan fingerprint density at radius 1 is 1.32 bits per heavy atom. The number of methoxy groups -OCH3 is 1. The number of rotatable bonds is 3. The summed E-state index contributed by atoms with van der Waals surface area (Å²) >= 11 is 3.37. The van der Waals surface area contributed by atoms with Crippen LogP contribution in [0.15, 0.2) is 41.1 Å². The number of aromatic nitrogens is 1. The number of phenols is 1. The Labute approximate surface area is 119 Å². The molecule has 0 bridgehead atoms. The number of ether oxygens (including phenoxy) is 1. The predicted molar refractivity (Wildman–Crippen MR) is 77.9 cm³/mol. The van der Waals surface area contributed by atoms with Gasteiger partial charge in [0.05, 0.1) is 12.5 Å². The van der Waals surface area contributed by atoms with E-state index in [0.29, 0.717) is 16.7 Å². The molecule has 0 saturated carbocycles. The van der Waals surface area contributed by atoms with Gasteiger partial charge < -0.3 is 19.8 Å². The van der Waals surface area contributed by atoms with Crippen molar-refractivity contribution in [1.82, 2.24) is 4.57 Å². The Morgan fingerprint density at radius 3 is 2.63 bits per heavy atom. The van der Waals surface area contributed by atoms with Crippen LogP contribution in [0.2, 0.25) is 0 Å². The molecule has 0 aliphatic rings. The normalized spacial score (nSPS) is 10.8. The van der Waals surface area contributed by atoms with Gasteiger partial charge in [0.1, 0.15) is 0 Å². The van der Waals surface area contributed by atoms with Crippen LogP contribution in [-0.2, 0) is 0 Å². The van der Waals surface area contributed by atoms with Gasteiger partial charge in [-0.3, -0.25) is 0 Å². The maximum Gasteiger partial charge on any atom is 0.165 e. The van der Waals surface area contributed by atoms with Crippen molar-refractivity contribution in [2.75, 3.05) is 7.11 Å². The number of halogens is 1. The van der Waals surface area contributed by atoms with Crippen LogP contribution in [-0.4, -0.2) is 16.8 Å². The fourth-order valence-electron chi connectivity index (χ4n) is 1.58. The molecule has 2 rings (SSSR count). The Morgan fingerprint density at radius 2 is 2.00 bits per heavy atom. The Bertz CT molecular complexity index is 657. The molecule has 0 spiro atoms. The van der Waals surface area contributed by atoms with E-state index in [2.05, 4.69) is 15.9 Å². The molecule has 0 aliphatic carbocycles. The smallest absolute Gasteiger partial charge is 0.165 e. The Kier molecular flexibility index (Phi) is 4.06. The molecule has 0 atom stereocenters. The number of nitrogens with zero attached hydrogens (tertiary/aromatic N) is 1. The average Bonchev–Trinajstić information content (AvgIpc) is 2.41. The largest absolute Gasteiger partial charge is 0.504 e. The molecule has 0 unspecified atom stereocenters. The standard InChI is InChI=1S/C14H13BrN2O2/c1-19-13-9-11(15)8-10(14(13)18)2-5-17-6-3-12(16)4-7-17/h2-9,16,18H,1H3. The van der Waals surface area contributed by atoms with E-state index in [1.165, 1.54) is 7.11 Å². The van der Waals surface area contributed by atoms with Crippen molar-refractivity contribution >= 4 is 28.2 Å². The van der Waals surface area contributed by atoms with Crippen molar-refractivity contribution in [1.29, 1.82) is 5.41 Å². The third-order valence-electron chi connectivity index (χ3n) is 2.57. The lowest BCUT2D eigenvalue weighted by Gasteiger charge is -2.07. The number of pyridine rings is 1. The van der Waals surface area contributed by atoms with Gasteiger partial charge in [-0.15, -0.1) is 0 Å². The number of hydrogen-bond donors (Lipinski definition) is 2. The third kappa shape index (κ3) is 3.26. The van der Waals surface area contributed by atoms with Crippen molar-refractivity contribution in [3.8, 4) is 11.5 Å². The molecule has 2 N–H and O–H groups in total. The molecule has 0 fully saturated rings. The van der Waals surface area contributed by atoms with Crippen molar-refractivity contribution in [2.45, 2.75) is 0 Å². The molecule has 98 valence electrons. The summed E-state index contributed by atoms with van der Waals surface area (Å²) in [6.45, 7) is 0. The van der Waals surface area contributed by atoms with Crippen LogP contribution < -0.4 is 10.1 Å². The minimum absolute atomic E-state index is 0.0969. The molecular formula is C14H13BrN2O2. The van der Waals surface area contributed by atoms with E-state index in [0.717, 1.165) is 4.47 Å². The van der Waals surface area contributed by atoms with E-state index in [1.807, 2.05) is 0 Å². The van der Waals surface area contributed by atoms with Gasteiger partial charge >= 0.3 is 0 Å². The molecular weight excluding hydrogens is 308 g/mol. The average molecular weight is 321 g/mol. The zero-order chi connectivity index (χ0) is 13.8. The minimum atomic E-state index is 0.0969. The molecule has 0 saturated heterocycles. The molecule has 0 radical (unpaired) electrons. The lowest BCUT2D eigenvalue weighted by Crippen LogP contribution is -1.98. The van der Waals surface area contributed by atoms with Crippen molar-refractivity contribution in [2.24, 2.45) is 0 Å². The maximum absolute atomic E-state index is 10.00. The second-order valence-corrected chi connectivity index (χ2v) is 4.81. The van der Waals surface area contributed by atoms with Crippen LogP contribution in [0.25, 0.3) is 12.3 Å². The summed E-state index contributed by atoms with van der Waals surface area (Å²) in [7, 11) is 1.51. The third-order valence-corrected chi connectivity index (χ3v) is 3.03. The zero-order valence-electron chi connectivity index (χ0n) is 10.3. The van der Waals surface area contributed by atoms with Crippen molar-refractivity contribution in [3.05, 3.63) is 52.1 Å². The van der Waals surface area contributed by atoms with E-state index >= 15 is 0 Å². The molecule has 2 aromatic rings. The van der Waals surface area contributed by atoms with E-state index in [-0.39, 0.29) is 5.75 Å². The highest BCUT2D eigenvalue weighted by atomic mass is 79.9. The monoisotopic (exact) mass is 320 g/mol. The predicted octanol–water partition coefficient (Wildman–Crippen LogP) is 3.07. The molecule has 0 amide bonds. The lowest BCUT2D eigenvalue weighted by molar-refractivity contribution is 0.372. The molecule has 19 heavy (non-hydrogen) atoms. The topological polar surface area (TPSA) is 58.2 Å². The van der Waals surface area contributed by atoms with Gasteiger partial charge in [0, 0.05) is 28.6 Å². The summed E-state index contributed by atoms with van der Waals surface area (Å²) in [4.78, 5) is 0. The zero-order valence-corrected chi connectivity index (χ0v) is 11.9. The first-order valence-corrected chi connectivity index (χ1v) is 6.36. The van der Waals surface area contributed by atoms with E-state index in [4.69, 9.17) is 10.1 Å². The second-order valence-electron chi connectivity index (χ2n) is 3.90. The highest BCUT2D eigenvalue weighted by molar-refractivity contribution is 9.10. The molecule has 4 nitrogen and oxygen atoms in total. The lowest BCUT2D eigenvalue weighted by atomic mass is 10.2. The van der Waals surface area contributed by atoms with E-state index in [9.17, 15) is 5.11 Å². The molecule has 5 heteroatoms. The molecule has 1 heterocycles. The van der Waals surface area contributed by atoms with Gasteiger partial charge in [0.2, 0.25) is 0 Å². The van der Waals surface area contributed by atoms with Crippen LogP contribution in [0.1, 0.15) is 5.56 Å². The van der Waals surface area contributed by atoms with Crippen LogP contribution in [0.4, 0.5) is 0 Å². The minimum Gasteiger partial charge on any atom is -0.504 e. The maximum atomic E-state index is 10.00. The first-order chi connectivity index (χ1) is 9.10. The Balaban J connectivity index is 2.35. The Hall–Kier alpha value is -2.01. The van der Waals surface area contributed by atoms with Crippen LogP contribution >= 0.6 is 15.9 Å². The fraction of sp³-hybridized carbons (Fsp3) is 0.0714. The highest BCUT2D eigenvalue weighted by Gasteiger charge is 2.07. The number of hydrogen-bond acceptors (Lipinski definition) is 3. The summed E-state index contributed by atoms with van der Waals surface area (Å²) in [5, 5.41) is 17.9. The van der Waals surface area contributed by atoms with Crippen LogP contribution in [0.5, 0.6) is 11.5 Å². The summed E-state index contributed by atoms with van der Waals surface area (Å²) in [5.74, 6) is 0.514. The van der Waals surface area contributed by atoms with E-state index < -0.39 is 0 Å². The number of phenolic OH excluding ortho intramolecular Hbond substituents is 1. The summed E-state index contributed by atoms with van der Waals surface area (Å²) in [5.41, 5.74) is 0.647. The van der Waals surface area contributed by atoms with Crippen LogP contribution in [0, 0.1) is 5.41 Å². The first-order valence-electron chi connectivity index (χ1n) is 5.57. The molecule has 1 aromatic carbocycles. The van der Waals surface area contributed by atoms with Gasteiger partial charge in [0.25, 0.3) is 0 Å². The van der Waals surface area contributed by atoms with Gasteiger partial charge in [-0.2, -0.15) is 0 Å². The SMILES string of the molecule is COc1cc(Br)cc(C=Cn2ccc(=N)cc2)c1O. The quantitative estimate of drug-likeness (QED) is 0.913. The van der Waals surface area contributed by atoms with Gasteiger partial charge in [-0.25, -0.2) is 0 Å². The number of nitrogens with one attached hydrogen (secondary N) is 1. The fourth-order valence-corrected chi connectivity index (χ4v) is 2.04. The number of benzene rings is 1. The van der Waals surface area contributed by atoms with Crippen molar-refractivity contribution < 1.29 is 9.84 Å². The molecule has 1 aromatic heterocycles. The van der Waals surface area contributed by atoms with Crippen molar-refractivity contribution in [3.63, 3.8) is 0 Å². The number of aromatic hydroxyl groups is 1. The molecule has 0 aliphatic heterocycles. The first kappa shape index (κ1) is 13.4. The summed E-state index contributed by atoms with van der Waals surface area (Å²) < 4.78 is 7.71. The second kappa shape index (κ2) is 5.75. The summed E-state index contributed by atoms with van der Waals surface area (Å²) in [6, 6.07) is 6.87. The van der Waals surface area contributed by atoms with Gasteiger partial charge in [-0.05, 0) is 30.3 Å². The highest BCUT2D eigenvalue weighted by Crippen LogP contribution is 2.34.